The molecule has 2 aromatic carbocycles. The maximum absolute atomic E-state index is 12.7. The van der Waals surface area contributed by atoms with Crippen LogP contribution in [0.2, 0.25) is 0 Å². The molecule has 160 valence electrons. The molecule has 0 spiro atoms. The van der Waals surface area contributed by atoms with Crippen LogP contribution in [-0.2, 0) is 16.0 Å². The van der Waals surface area contributed by atoms with E-state index >= 15 is 0 Å². The van der Waals surface area contributed by atoms with Gasteiger partial charge in [-0.2, -0.15) is 0 Å². The highest BCUT2D eigenvalue weighted by Crippen LogP contribution is 2.13. The summed E-state index contributed by atoms with van der Waals surface area (Å²) in [5.74, 6) is -0.869. The van der Waals surface area contributed by atoms with Crippen LogP contribution in [0.4, 0.5) is 0 Å². The van der Waals surface area contributed by atoms with Gasteiger partial charge in [0.25, 0.3) is 5.91 Å². The molecule has 0 saturated carbocycles. The standard InChI is InChI=1S/C24H23NO6/c1-2-29-19-12-10-18(11-13-19)21(26)16-31-24(28)20(15-17-7-4-3-5-8-17)25-23(27)22-9-6-14-30-22/h3-14,20H,2,15-16H2,1H3,(H,25,27)/t20-/m0/s1. The second-order valence-electron chi connectivity index (χ2n) is 6.68. The van der Waals surface area contributed by atoms with Crippen LogP contribution in [0, 0.1) is 0 Å². The average molecular weight is 421 g/mol. The van der Waals surface area contributed by atoms with Gasteiger partial charge < -0.3 is 19.2 Å². The van der Waals surface area contributed by atoms with Crippen molar-refractivity contribution in [1.29, 1.82) is 0 Å². The van der Waals surface area contributed by atoms with E-state index in [0.717, 1.165) is 5.56 Å². The van der Waals surface area contributed by atoms with Gasteiger partial charge in [0.1, 0.15) is 11.8 Å². The highest BCUT2D eigenvalue weighted by atomic mass is 16.5. The zero-order chi connectivity index (χ0) is 22.1. The largest absolute Gasteiger partial charge is 0.494 e. The van der Waals surface area contributed by atoms with Crippen LogP contribution in [0.15, 0.2) is 77.4 Å². The molecule has 0 saturated heterocycles. The SMILES string of the molecule is CCOc1ccc(C(=O)COC(=O)[C@H](Cc2ccccc2)NC(=O)c2ccco2)cc1. The number of ketones is 1. The minimum Gasteiger partial charge on any atom is -0.494 e. The summed E-state index contributed by atoms with van der Waals surface area (Å²) in [6.45, 7) is 1.96. The molecule has 0 fully saturated rings. The quantitative estimate of drug-likeness (QED) is 0.398. The van der Waals surface area contributed by atoms with E-state index in [2.05, 4.69) is 5.32 Å². The first-order valence-electron chi connectivity index (χ1n) is 9.88. The Balaban J connectivity index is 1.64. The van der Waals surface area contributed by atoms with E-state index in [9.17, 15) is 14.4 Å². The Morgan fingerprint density at radius 1 is 0.968 bits per heavy atom. The molecule has 0 unspecified atom stereocenters. The summed E-state index contributed by atoms with van der Waals surface area (Å²) in [6, 6.07) is 17.9. The first kappa shape index (κ1) is 21.8. The van der Waals surface area contributed by atoms with Gasteiger partial charge in [0.2, 0.25) is 0 Å². The normalized spacial score (nSPS) is 11.4. The average Bonchev–Trinajstić information content (AvgIpc) is 3.33. The second-order valence-corrected chi connectivity index (χ2v) is 6.68. The molecule has 3 rings (SSSR count). The zero-order valence-electron chi connectivity index (χ0n) is 17.1. The van der Waals surface area contributed by atoms with E-state index in [0.29, 0.717) is 17.9 Å². The highest BCUT2D eigenvalue weighted by molar-refractivity contribution is 5.99. The Morgan fingerprint density at radius 2 is 1.71 bits per heavy atom. The van der Waals surface area contributed by atoms with E-state index in [1.807, 2.05) is 37.3 Å². The van der Waals surface area contributed by atoms with Gasteiger partial charge in [-0.25, -0.2) is 4.79 Å². The summed E-state index contributed by atoms with van der Waals surface area (Å²) in [6.07, 6.45) is 1.58. The Morgan fingerprint density at radius 3 is 2.35 bits per heavy atom. The van der Waals surface area contributed by atoms with E-state index in [1.165, 1.54) is 12.3 Å². The Kier molecular flexibility index (Phi) is 7.59. The molecule has 1 N–H and O–H groups in total. The zero-order valence-corrected chi connectivity index (χ0v) is 17.1. The summed E-state index contributed by atoms with van der Waals surface area (Å²) >= 11 is 0. The maximum atomic E-state index is 12.7. The van der Waals surface area contributed by atoms with Gasteiger partial charge in [0, 0.05) is 12.0 Å². The Labute approximate surface area is 180 Å². The van der Waals surface area contributed by atoms with E-state index in [4.69, 9.17) is 13.9 Å². The van der Waals surface area contributed by atoms with Crippen LogP contribution in [0.3, 0.4) is 0 Å². The molecule has 3 aromatic rings. The molecule has 0 radical (unpaired) electrons. The molecule has 0 aliphatic heterocycles. The first-order valence-corrected chi connectivity index (χ1v) is 9.88. The molecule has 7 nitrogen and oxygen atoms in total. The minimum absolute atomic E-state index is 0.0799. The summed E-state index contributed by atoms with van der Waals surface area (Å²) in [4.78, 5) is 37.4. The van der Waals surface area contributed by atoms with Gasteiger partial charge in [0.05, 0.1) is 12.9 Å². The molecule has 1 aromatic heterocycles. The number of ether oxygens (including phenoxy) is 2. The lowest BCUT2D eigenvalue weighted by Gasteiger charge is -2.17. The molecule has 7 heteroatoms. The number of Topliss-reactive ketones (excluding diaryl/α,β-unsaturated/α-hetero) is 1. The lowest BCUT2D eigenvalue weighted by Crippen LogP contribution is -2.43. The number of furan rings is 1. The summed E-state index contributed by atoms with van der Waals surface area (Å²) in [5, 5.41) is 2.62. The van der Waals surface area contributed by atoms with Crippen molar-refractivity contribution >= 4 is 17.7 Å². The number of benzene rings is 2. The van der Waals surface area contributed by atoms with Crippen LogP contribution in [0.5, 0.6) is 5.75 Å². The number of nitrogens with one attached hydrogen (secondary N) is 1. The van der Waals surface area contributed by atoms with Gasteiger partial charge in [-0.1, -0.05) is 30.3 Å². The number of carbonyl (C=O) groups excluding carboxylic acids is 3. The predicted octanol–water partition coefficient (Wildman–Crippen LogP) is 3.45. The molecule has 0 aliphatic carbocycles. The molecule has 1 amide bonds. The van der Waals surface area contributed by atoms with Gasteiger partial charge in [-0.05, 0) is 48.9 Å². The molecule has 1 heterocycles. The van der Waals surface area contributed by atoms with Crippen LogP contribution >= 0.6 is 0 Å². The predicted molar refractivity (Wildman–Crippen MR) is 113 cm³/mol. The summed E-state index contributed by atoms with van der Waals surface area (Å²) in [5.41, 5.74) is 1.23. The van der Waals surface area contributed by atoms with Crippen molar-refractivity contribution in [2.45, 2.75) is 19.4 Å². The fourth-order valence-corrected chi connectivity index (χ4v) is 2.90. The number of esters is 1. The smallest absolute Gasteiger partial charge is 0.329 e. The van der Waals surface area contributed by atoms with Crippen LogP contribution in [0.1, 0.15) is 33.4 Å². The van der Waals surface area contributed by atoms with Crippen molar-refractivity contribution in [2.75, 3.05) is 13.2 Å². The summed E-state index contributed by atoms with van der Waals surface area (Å²) in [7, 11) is 0. The fourth-order valence-electron chi connectivity index (χ4n) is 2.90. The van der Waals surface area contributed by atoms with Crippen molar-refractivity contribution in [3.8, 4) is 5.75 Å². The first-order chi connectivity index (χ1) is 15.1. The molecular weight excluding hydrogens is 398 g/mol. The maximum Gasteiger partial charge on any atom is 0.329 e. The monoisotopic (exact) mass is 421 g/mol. The van der Waals surface area contributed by atoms with Crippen LogP contribution in [0.25, 0.3) is 0 Å². The molecule has 0 aliphatic rings. The van der Waals surface area contributed by atoms with Crippen LogP contribution < -0.4 is 10.1 Å². The topological polar surface area (TPSA) is 94.8 Å². The summed E-state index contributed by atoms with van der Waals surface area (Å²) < 4.78 is 15.7. The molecule has 1 atom stereocenters. The Hall–Kier alpha value is -3.87. The third-order valence-electron chi connectivity index (χ3n) is 4.45. The number of carbonyl (C=O) groups is 3. The van der Waals surface area contributed by atoms with E-state index < -0.39 is 24.5 Å². The molecule has 31 heavy (non-hydrogen) atoms. The number of rotatable bonds is 10. The lowest BCUT2D eigenvalue weighted by molar-refractivity contribution is -0.144. The third-order valence-corrected chi connectivity index (χ3v) is 4.45. The molecule has 0 bridgehead atoms. The number of hydrogen-bond acceptors (Lipinski definition) is 6. The van der Waals surface area contributed by atoms with Gasteiger partial charge in [-0.3, -0.25) is 9.59 Å². The number of hydrogen-bond donors (Lipinski definition) is 1. The van der Waals surface area contributed by atoms with Crippen molar-refractivity contribution in [2.24, 2.45) is 0 Å². The Bertz CT molecular complexity index is 996. The van der Waals surface area contributed by atoms with Crippen molar-refractivity contribution in [3.63, 3.8) is 0 Å². The second kappa shape index (κ2) is 10.8. The van der Waals surface area contributed by atoms with Crippen molar-refractivity contribution in [3.05, 3.63) is 89.9 Å². The third kappa shape index (κ3) is 6.30. The van der Waals surface area contributed by atoms with Crippen molar-refractivity contribution in [1.82, 2.24) is 5.32 Å². The van der Waals surface area contributed by atoms with E-state index in [1.54, 1.807) is 30.3 Å². The van der Waals surface area contributed by atoms with Crippen LogP contribution in [-0.4, -0.2) is 36.9 Å². The molecular formula is C24H23NO6. The minimum atomic E-state index is -0.979. The van der Waals surface area contributed by atoms with Gasteiger partial charge in [-0.15, -0.1) is 0 Å². The van der Waals surface area contributed by atoms with Crippen molar-refractivity contribution < 1.29 is 28.3 Å². The number of amides is 1. The van der Waals surface area contributed by atoms with Gasteiger partial charge in [0.15, 0.2) is 18.2 Å². The lowest BCUT2D eigenvalue weighted by atomic mass is 10.1. The van der Waals surface area contributed by atoms with E-state index in [-0.39, 0.29) is 18.0 Å². The highest BCUT2D eigenvalue weighted by Gasteiger charge is 2.25. The fraction of sp³-hybridized carbons (Fsp3) is 0.208. The van der Waals surface area contributed by atoms with Gasteiger partial charge >= 0.3 is 5.97 Å².